The molecule has 6 nitrogen and oxygen atoms in total. The van der Waals surface area contributed by atoms with E-state index in [9.17, 15) is 10.2 Å². The van der Waals surface area contributed by atoms with E-state index < -0.39 is 17.8 Å². The van der Waals surface area contributed by atoms with Crippen LogP contribution in [0.5, 0.6) is 0 Å². The largest absolute Gasteiger partial charge is 0.441 e. The smallest absolute Gasteiger partial charge is 0.192 e. The van der Waals surface area contributed by atoms with Gasteiger partial charge in [0.1, 0.15) is 11.6 Å². The number of likely N-dealkylation sites (N-methyl/N-ethyl adjacent to an activating group) is 1. The van der Waals surface area contributed by atoms with Crippen molar-refractivity contribution in [3.8, 4) is 0 Å². The molecule has 2 fully saturated rings. The molecule has 3 heterocycles. The van der Waals surface area contributed by atoms with Crippen molar-refractivity contribution in [2.24, 2.45) is 11.3 Å². The Morgan fingerprint density at radius 1 is 1.14 bits per heavy atom. The number of fused-ring (bicyclic) bond motifs is 2. The lowest BCUT2D eigenvalue weighted by Gasteiger charge is -2.55. The number of aromatic nitrogens is 1. The summed E-state index contributed by atoms with van der Waals surface area (Å²) in [7, 11) is 3.95. The van der Waals surface area contributed by atoms with Crippen molar-refractivity contribution in [3.63, 3.8) is 0 Å². The summed E-state index contributed by atoms with van der Waals surface area (Å²) < 4.78 is 12.9. The van der Waals surface area contributed by atoms with Crippen LogP contribution in [-0.4, -0.2) is 63.6 Å². The highest BCUT2D eigenvalue weighted by atomic mass is 16.5. The van der Waals surface area contributed by atoms with Gasteiger partial charge in [0.05, 0.1) is 17.3 Å². The van der Waals surface area contributed by atoms with Gasteiger partial charge in [0.25, 0.3) is 0 Å². The minimum Gasteiger partial charge on any atom is -0.441 e. The van der Waals surface area contributed by atoms with Gasteiger partial charge in [-0.25, -0.2) is 4.98 Å². The van der Waals surface area contributed by atoms with E-state index in [2.05, 4.69) is 42.3 Å². The number of allylic oxidation sites excluding steroid dienone is 3. The fraction of sp³-hybridized carbons (Fsp3) is 0.552. The third-order valence-corrected chi connectivity index (χ3v) is 9.90. The molecule has 1 saturated carbocycles. The summed E-state index contributed by atoms with van der Waals surface area (Å²) in [5, 5.41) is 22.0. The summed E-state index contributed by atoms with van der Waals surface area (Å²) in [5.74, 6) is 1.02. The average molecular weight is 475 g/mol. The number of aliphatic hydroxyl groups excluding tert-OH is 2. The molecule has 7 unspecified atom stereocenters. The van der Waals surface area contributed by atoms with Gasteiger partial charge in [0.2, 0.25) is 0 Å². The third-order valence-electron chi connectivity index (χ3n) is 9.90. The van der Waals surface area contributed by atoms with Crippen molar-refractivity contribution >= 4 is 16.7 Å². The summed E-state index contributed by atoms with van der Waals surface area (Å²) in [6, 6.07) is 6.24. The first-order chi connectivity index (χ1) is 16.7. The van der Waals surface area contributed by atoms with Gasteiger partial charge in [-0.3, -0.25) is 0 Å². The molecule has 5 aliphatic rings. The van der Waals surface area contributed by atoms with Crippen molar-refractivity contribution in [2.45, 2.75) is 75.4 Å². The van der Waals surface area contributed by atoms with Crippen LogP contribution >= 0.6 is 0 Å². The Hall–Kier alpha value is -2.25. The highest BCUT2D eigenvalue weighted by molar-refractivity contribution is 5.82. The van der Waals surface area contributed by atoms with E-state index in [4.69, 9.17) is 9.15 Å². The molecule has 2 spiro atoms. The van der Waals surface area contributed by atoms with Crippen molar-refractivity contribution in [2.75, 3.05) is 14.1 Å². The second kappa shape index (κ2) is 6.94. The van der Waals surface area contributed by atoms with Gasteiger partial charge < -0.3 is 24.3 Å². The van der Waals surface area contributed by atoms with Crippen LogP contribution in [0.2, 0.25) is 0 Å². The Labute approximate surface area is 206 Å². The highest BCUT2D eigenvalue weighted by Gasteiger charge is 2.67. The SMILES string of the molecule is Cc1nc2cc(C3=CCC4C3(C)CC=C3C=C5C(O)C(O)C(N(C)C)CC56CCC34O6)ccc2o1. The maximum absolute atomic E-state index is 11.1. The summed E-state index contributed by atoms with van der Waals surface area (Å²) in [4.78, 5) is 6.60. The summed E-state index contributed by atoms with van der Waals surface area (Å²) in [6.07, 6.45) is 9.70. The number of oxazole rings is 1. The number of ether oxygens (including phenoxy) is 1. The van der Waals surface area contributed by atoms with Crippen LogP contribution in [0.3, 0.4) is 0 Å². The first-order valence-electron chi connectivity index (χ1n) is 12.9. The van der Waals surface area contributed by atoms with E-state index in [0.717, 1.165) is 42.4 Å². The van der Waals surface area contributed by atoms with Gasteiger partial charge in [-0.1, -0.05) is 31.2 Å². The molecule has 7 atom stereocenters. The first-order valence-corrected chi connectivity index (χ1v) is 12.9. The van der Waals surface area contributed by atoms with Crippen LogP contribution in [0.4, 0.5) is 0 Å². The maximum atomic E-state index is 11.1. The Kier molecular flexibility index (Phi) is 4.36. The van der Waals surface area contributed by atoms with Crippen molar-refractivity contribution < 1.29 is 19.4 Å². The van der Waals surface area contributed by atoms with Crippen molar-refractivity contribution in [1.29, 1.82) is 0 Å². The van der Waals surface area contributed by atoms with E-state index in [0.29, 0.717) is 18.2 Å². The number of nitrogens with zero attached hydrogens (tertiary/aromatic N) is 2. The zero-order valence-corrected chi connectivity index (χ0v) is 20.9. The number of benzene rings is 1. The number of aryl methyl sites for hydroxylation is 1. The van der Waals surface area contributed by atoms with Gasteiger partial charge >= 0.3 is 0 Å². The Balaban J connectivity index is 1.30. The second-order valence-electron chi connectivity index (χ2n) is 11.9. The summed E-state index contributed by atoms with van der Waals surface area (Å²) in [5.41, 5.74) is 5.52. The number of aliphatic hydroxyl groups is 2. The predicted molar refractivity (Wildman–Crippen MR) is 134 cm³/mol. The fourth-order valence-electron chi connectivity index (χ4n) is 8.16. The fourth-order valence-corrected chi connectivity index (χ4v) is 8.16. The Bertz CT molecular complexity index is 1340. The minimum absolute atomic E-state index is 0.0411. The monoisotopic (exact) mass is 474 g/mol. The quantitative estimate of drug-likeness (QED) is 0.681. The number of hydrogen-bond acceptors (Lipinski definition) is 6. The van der Waals surface area contributed by atoms with Crippen LogP contribution in [0.1, 0.15) is 50.5 Å². The standard InChI is InChI=1S/C29H34N2O4/c1-16-30-21-13-17(5-7-23(21)34-16)19-6-8-24-27(19,2)10-9-18-14-20-25(32)26(33)22(31(3)4)15-28(20)11-12-29(18,24)35-28/h5-7,9,13-14,22,24-26,32-33H,8,10-12,15H2,1-4H3. The van der Waals surface area contributed by atoms with Crippen LogP contribution < -0.4 is 0 Å². The molecule has 2 bridgehead atoms. The topological polar surface area (TPSA) is 79.0 Å². The molecule has 0 radical (unpaired) electrons. The van der Waals surface area contributed by atoms with Crippen LogP contribution in [0.25, 0.3) is 16.7 Å². The molecule has 2 aromatic rings. The third kappa shape index (κ3) is 2.71. The van der Waals surface area contributed by atoms with Gasteiger partial charge in [0, 0.05) is 24.3 Å². The lowest BCUT2D eigenvalue weighted by atomic mass is 9.58. The predicted octanol–water partition coefficient (Wildman–Crippen LogP) is 4.16. The zero-order valence-electron chi connectivity index (χ0n) is 20.9. The first kappa shape index (κ1) is 22.0. The Morgan fingerprint density at radius 3 is 2.77 bits per heavy atom. The van der Waals surface area contributed by atoms with Gasteiger partial charge in [-0.05, 0) is 80.6 Å². The molecular weight excluding hydrogens is 440 g/mol. The lowest BCUT2D eigenvalue weighted by Crippen LogP contribution is -2.61. The van der Waals surface area contributed by atoms with E-state index in [1.807, 2.05) is 32.0 Å². The maximum Gasteiger partial charge on any atom is 0.192 e. The van der Waals surface area contributed by atoms with Gasteiger partial charge in [-0.15, -0.1) is 0 Å². The minimum atomic E-state index is -0.892. The van der Waals surface area contributed by atoms with E-state index in [1.54, 1.807) is 0 Å². The molecular formula is C29H34N2O4. The number of rotatable bonds is 2. The molecule has 3 aliphatic carbocycles. The molecule has 2 aliphatic heterocycles. The van der Waals surface area contributed by atoms with Gasteiger partial charge in [-0.2, -0.15) is 0 Å². The Morgan fingerprint density at radius 2 is 1.97 bits per heavy atom. The molecule has 35 heavy (non-hydrogen) atoms. The highest BCUT2D eigenvalue weighted by Crippen LogP contribution is 2.67. The second-order valence-corrected chi connectivity index (χ2v) is 11.9. The van der Waals surface area contributed by atoms with Crippen LogP contribution in [-0.2, 0) is 4.74 Å². The van der Waals surface area contributed by atoms with Crippen LogP contribution in [0.15, 0.2) is 52.0 Å². The molecule has 1 saturated heterocycles. The molecule has 1 aromatic heterocycles. The molecule has 7 rings (SSSR count). The molecule has 0 amide bonds. The molecule has 184 valence electrons. The van der Waals surface area contributed by atoms with E-state index in [1.165, 1.54) is 16.7 Å². The average Bonchev–Trinajstić information content (AvgIpc) is 3.47. The molecule has 6 heteroatoms. The zero-order chi connectivity index (χ0) is 24.3. The molecule has 1 aromatic carbocycles. The summed E-state index contributed by atoms with van der Waals surface area (Å²) in [6.45, 7) is 4.28. The van der Waals surface area contributed by atoms with Crippen molar-refractivity contribution in [3.05, 3.63) is 59.0 Å². The van der Waals surface area contributed by atoms with E-state index in [-0.39, 0.29) is 17.1 Å². The van der Waals surface area contributed by atoms with E-state index >= 15 is 0 Å². The van der Waals surface area contributed by atoms with Crippen LogP contribution in [0, 0.1) is 18.3 Å². The molecule has 2 N–H and O–H groups in total. The van der Waals surface area contributed by atoms with Gasteiger partial charge in [0.15, 0.2) is 11.5 Å². The summed E-state index contributed by atoms with van der Waals surface area (Å²) >= 11 is 0. The van der Waals surface area contributed by atoms with Crippen molar-refractivity contribution in [1.82, 2.24) is 9.88 Å². The normalized spacial score (nSPS) is 41.9. The lowest BCUT2D eigenvalue weighted by molar-refractivity contribution is -0.161. The number of hydrogen-bond donors (Lipinski definition) is 2.